The average molecular weight is 411 g/mol. The van der Waals surface area contributed by atoms with Gasteiger partial charge < -0.3 is 20.0 Å². The molecule has 0 bridgehead atoms. The second-order valence-corrected chi connectivity index (χ2v) is 8.49. The molecule has 2 amide bonds. The first-order valence-corrected chi connectivity index (χ1v) is 10.9. The van der Waals surface area contributed by atoms with Gasteiger partial charge in [0, 0.05) is 37.2 Å². The Morgan fingerprint density at radius 3 is 2.40 bits per heavy atom. The highest BCUT2D eigenvalue weighted by atomic mass is 16.4. The van der Waals surface area contributed by atoms with Gasteiger partial charge in [-0.3, -0.25) is 9.59 Å². The molecule has 2 aromatic rings. The fourth-order valence-electron chi connectivity index (χ4n) is 4.19. The fraction of sp³-hybridized carbons (Fsp3) is 0.522. The van der Waals surface area contributed by atoms with Gasteiger partial charge in [0.1, 0.15) is 0 Å². The molecule has 30 heavy (non-hydrogen) atoms. The second-order valence-electron chi connectivity index (χ2n) is 8.49. The molecule has 7 nitrogen and oxygen atoms in total. The Labute approximate surface area is 177 Å². The largest absolute Gasteiger partial charge is 0.440 e. The molecule has 7 heteroatoms. The van der Waals surface area contributed by atoms with E-state index in [0.717, 1.165) is 57.4 Å². The topological polar surface area (TPSA) is 87.5 Å². The minimum absolute atomic E-state index is 0.0493. The van der Waals surface area contributed by atoms with E-state index in [2.05, 4.69) is 17.6 Å². The van der Waals surface area contributed by atoms with Gasteiger partial charge in [-0.05, 0) is 69.0 Å². The zero-order valence-corrected chi connectivity index (χ0v) is 17.7. The first-order valence-electron chi connectivity index (χ1n) is 10.9. The first kappa shape index (κ1) is 20.6. The lowest BCUT2D eigenvalue weighted by atomic mass is 9.98. The lowest BCUT2D eigenvalue weighted by Crippen LogP contribution is -2.38. The van der Waals surface area contributed by atoms with Crippen LogP contribution >= 0.6 is 0 Å². The molecular weight excluding hydrogens is 380 g/mol. The van der Waals surface area contributed by atoms with Crippen LogP contribution in [-0.4, -0.2) is 47.9 Å². The van der Waals surface area contributed by atoms with E-state index in [1.165, 1.54) is 6.92 Å². The molecule has 160 valence electrons. The third kappa shape index (κ3) is 4.56. The molecule has 3 heterocycles. The molecule has 0 atom stereocenters. The van der Waals surface area contributed by atoms with Crippen molar-refractivity contribution in [1.29, 1.82) is 0 Å². The van der Waals surface area contributed by atoms with E-state index in [4.69, 9.17) is 9.40 Å². The second kappa shape index (κ2) is 9.00. The summed E-state index contributed by atoms with van der Waals surface area (Å²) in [5, 5.41) is 6.13. The Morgan fingerprint density at radius 2 is 1.77 bits per heavy atom. The number of hydrogen-bond acceptors (Lipinski definition) is 5. The van der Waals surface area contributed by atoms with Crippen molar-refractivity contribution in [3.05, 3.63) is 35.9 Å². The Kier molecular flexibility index (Phi) is 6.18. The van der Waals surface area contributed by atoms with Crippen LogP contribution in [0.4, 0.5) is 5.69 Å². The molecule has 2 fully saturated rings. The number of aromatic nitrogens is 1. The van der Waals surface area contributed by atoms with Crippen molar-refractivity contribution in [3.8, 4) is 11.3 Å². The Hall–Kier alpha value is -2.67. The average Bonchev–Trinajstić information content (AvgIpc) is 3.20. The Morgan fingerprint density at radius 1 is 1.10 bits per heavy atom. The summed E-state index contributed by atoms with van der Waals surface area (Å²) in [6.07, 6.45) is 3.95. The normalized spacial score (nSPS) is 18.4. The van der Waals surface area contributed by atoms with Crippen molar-refractivity contribution in [1.82, 2.24) is 15.2 Å². The van der Waals surface area contributed by atoms with Gasteiger partial charge in [0.25, 0.3) is 5.91 Å². The number of nitrogens with one attached hydrogen (secondary N) is 2. The summed E-state index contributed by atoms with van der Waals surface area (Å²) in [6, 6.07) is 7.38. The van der Waals surface area contributed by atoms with E-state index in [1.807, 2.05) is 29.2 Å². The minimum Gasteiger partial charge on any atom is -0.440 e. The summed E-state index contributed by atoms with van der Waals surface area (Å²) in [7, 11) is 0. The standard InChI is InChI=1S/C23H30N4O3/c1-15-9-13-27(14-10-15)23(29)20-21(17-3-5-19(6-4-17)25-16(2)28)30-22(26-20)18-7-11-24-12-8-18/h3-6,15,18,24H,7-14H2,1-2H3,(H,25,28). The number of carbonyl (C=O) groups excluding carboxylic acids is 2. The summed E-state index contributed by atoms with van der Waals surface area (Å²) in [5.74, 6) is 1.90. The van der Waals surface area contributed by atoms with Crippen LogP contribution in [0, 0.1) is 5.92 Å². The molecule has 0 saturated carbocycles. The number of amides is 2. The summed E-state index contributed by atoms with van der Waals surface area (Å²) >= 11 is 0. The summed E-state index contributed by atoms with van der Waals surface area (Å²) in [6.45, 7) is 7.09. The molecule has 2 N–H and O–H groups in total. The lowest BCUT2D eigenvalue weighted by Gasteiger charge is -2.29. The lowest BCUT2D eigenvalue weighted by molar-refractivity contribution is -0.114. The zero-order chi connectivity index (χ0) is 21.1. The molecule has 0 spiro atoms. The van der Waals surface area contributed by atoms with Crippen LogP contribution in [0.3, 0.4) is 0 Å². The third-order valence-electron chi connectivity index (χ3n) is 6.07. The van der Waals surface area contributed by atoms with Crippen molar-refractivity contribution < 1.29 is 14.0 Å². The monoisotopic (exact) mass is 410 g/mol. The van der Waals surface area contributed by atoms with Gasteiger partial charge in [-0.1, -0.05) is 6.92 Å². The van der Waals surface area contributed by atoms with Gasteiger partial charge in [-0.15, -0.1) is 0 Å². The number of piperidine rings is 2. The number of hydrogen-bond donors (Lipinski definition) is 2. The maximum absolute atomic E-state index is 13.3. The molecule has 0 aliphatic carbocycles. The molecule has 0 unspecified atom stereocenters. The molecule has 1 aromatic heterocycles. The van der Waals surface area contributed by atoms with Gasteiger partial charge in [0.05, 0.1) is 0 Å². The number of benzene rings is 1. The van der Waals surface area contributed by atoms with Gasteiger partial charge in [-0.25, -0.2) is 4.98 Å². The van der Waals surface area contributed by atoms with Crippen molar-refractivity contribution >= 4 is 17.5 Å². The third-order valence-corrected chi connectivity index (χ3v) is 6.07. The van der Waals surface area contributed by atoms with Crippen LogP contribution in [0.5, 0.6) is 0 Å². The summed E-state index contributed by atoms with van der Waals surface area (Å²) in [4.78, 5) is 31.3. The predicted molar refractivity (Wildman–Crippen MR) is 115 cm³/mol. The highest BCUT2D eigenvalue weighted by Crippen LogP contribution is 2.33. The quantitative estimate of drug-likeness (QED) is 0.804. The molecule has 2 aliphatic heterocycles. The van der Waals surface area contributed by atoms with Gasteiger partial charge >= 0.3 is 0 Å². The van der Waals surface area contributed by atoms with Crippen LogP contribution in [-0.2, 0) is 4.79 Å². The number of carbonyl (C=O) groups is 2. The van der Waals surface area contributed by atoms with Gasteiger partial charge in [0.15, 0.2) is 17.3 Å². The maximum Gasteiger partial charge on any atom is 0.276 e. The SMILES string of the molecule is CC(=O)Nc1ccc(-c2oc(C3CCNCC3)nc2C(=O)N2CCC(C)CC2)cc1. The van der Waals surface area contributed by atoms with E-state index in [-0.39, 0.29) is 17.7 Å². The highest BCUT2D eigenvalue weighted by Gasteiger charge is 2.30. The van der Waals surface area contributed by atoms with Crippen molar-refractivity contribution in [2.75, 3.05) is 31.5 Å². The summed E-state index contributed by atoms with van der Waals surface area (Å²) in [5.41, 5.74) is 1.91. The number of rotatable bonds is 4. The van der Waals surface area contributed by atoms with Crippen LogP contribution in [0.15, 0.2) is 28.7 Å². The van der Waals surface area contributed by atoms with Crippen molar-refractivity contribution in [2.45, 2.75) is 45.4 Å². The van der Waals surface area contributed by atoms with E-state index < -0.39 is 0 Å². The maximum atomic E-state index is 13.3. The van der Waals surface area contributed by atoms with E-state index in [9.17, 15) is 9.59 Å². The van der Waals surface area contributed by atoms with E-state index in [1.54, 1.807) is 0 Å². The minimum atomic E-state index is -0.120. The predicted octanol–water partition coefficient (Wildman–Crippen LogP) is 3.64. The van der Waals surface area contributed by atoms with Crippen LogP contribution < -0.4 is 10.6 Å². The molecule has 0 radical (unpaired) electrons. The van der Waals surface area contributed by atoms with E-state index in [0.29, 0.717) is 29.0 Å². The Bertz CT molecular complexity index is 892. The number of oxazole rings is 1. The van der Waals surface area contributed by atoms with Gasteiger partial charge in [0.2, 0.25) is 5.91 Å². The van der Waals surface area contributed by atoms with Gasteiger partial charge in [-0.2, -0.15) is 0 Å². The zero-order valence-electron chi connectivity index (χ0n) is 17.7. The van der Waals surface area contributed by atoms with Crippen LogP contribution in [0.2, 0.25) is 0 Å². The number of likely N-dealkylation sites (tertiary alicyclic amines) is 1. The first-order chi connectivity index (χ1) is 14.5. The smallest absolute Gasteiger partial charge is 0.276 e. The van der Waals surface area contributed by atoms with E-state index >= 15 is 0 Å². The molecule has 2 aliphatic rings. The summed E-state index contributed by atoms with van der Waals surface area (Å²) < 4.78 is 6.22. The van der Waals surface area contributed by atoms with Crippen molar-refractivity contribution in [3.63, 3.8) is 0 Å². The fourth-order valence-corrected chi connectivity index (χ4v) is 4.19. The van der Waals surface area contributed by atoms with Crippen LogP contribution in [0.25, 0.3) is 11.3 Å². The molecule has 1 aromatic carbocycles. The van der Waals surface area contributed by atoms with Crippen LogP contribution in [0.1, 0.15) is 61.8 Å². The highest BCUT2D eigenvalue weighted by molar-refractivity contribution is 5.98. The molecule has 2 saturated heterocycles. The molecular formula is C23H30N4O3. The number of anilines is 1. The number of nitrogens with zero attached hydrogens (tertiary/aromatic N) is 2. The van der Waals surface area contributed by atoms with Crippen molar-refractivity contribution in [2.24, 2.45) is 5.92 Å². The Balaban J connectivity index is 1.65. The molecule has 4 rings (SSSR count).